The SMILES string of the molecule is Cc1occc1C(=O)NCC(=O)N(C)Cc1ccccc1N1CCCC1. The van der Waals surface area contributed by atoms with Gasteiger partial charge in [0.25, 0.3) is 5.91 Å². The number of anilines is 1. The molecule has 26 heavy (non-hydrogen) atoms. The molecule has 1 aromatic heterocycles. The van der Waals surface area contributed by atoms with Crippen LogP contribution in [0.1, 0.15) is 34.5 Å². The summed E-state index contributed by atoms with van der Waals surface area (Å²) in [6.07, 6.45) is 3.89. The van der Waals surface area contributed by atoms with Gasteiger partial charge >= 0.3 is 0 Å². The van der Waals surface area contributed by atoms with Gasteiger partial charge in [-0.1, -0.05) is 18.2 Å². The summed E-state index contributed by atoms with van der Waals surface area (Å²) in [6.45, 7) is 4.33. The van der Waals surface area contributed by atoms with Crippen LogP contribution in [0.4, 0.5) is 5.69 Å². The summed E-state index contributed by atoms with van der Waals surface area (Å²) in [5.74, 6) is 0.119. The number of hydrogen-bond donors (Lipinski definition) is 1. The Bertz CT molecular complexity index is 778. The zero-order chi connectivity index (χ0) is 18.5. The summed E-state index contributed by atoms with van der Waals surface area (Å²) in [5.41, 5.74) is 2.78. The molecule has 0 atom stereocenters. The molecule has 6 heteroatoms. The summed E-state index contributed by atoms with van der Waals surface area (Å²) >= 11 is 0. The van der Waals surface area contributed by atoms with Gasteiger partial charge in [-0.3, -0.25) is 9.59 Å². The van der Waals surface area contributed by atoms with E-state index < -0.39 is 0 Å². The van der Waals surface area contributed by atoms with Gasteiger partial charge in [-0.15, -0.1) is 0 Å². The number of nitrogens with zero attached hydrogens (tertiary/aromatic N) is 2. The first-order valence-electron chi connectivity index (χ1n) is 8.95. The lowest BCUT2D eigenvalue weighted by molar-refractivity contribution is -0.129. The average molecular weight is 355 g/mol. The Labute approximate surface area is 153 Å². The normalized spacial score (nSPS) is 13.7. The third kappa shape index (κ3) is 4.07. The van der Waals surface area contributed by atoms with E-state index in [1.54, 1.807) is 24.9 Å². The van der Waals surface area contributed by atoms with E-state index in [1.807, 2.05) is 12.1 Å². The molecule has 0 unspecified atom stereocenters. The third-order valence-corrected chi connectivity index (χ3v) is 4.78. The van der Waals surface area contributed by atoms with Crippen LogP contribution in [0, 0.1) is 6.92 Å². The lowest BCUT2D eigenvalue weighted by Gasteiger charge is -2.24. The van der Waals surface area contributed by atoms with E-state index >= 15 is 0 Å². The largest absolute Gasteiger partial charge is 0.469 e. The Kier molecular flexibility index (Phi) is 5.61. The van der Waals surface area contributed by atoms with Gasteiger partial charge in [-0.2, -0.15) is 0 Å². The highest BCUT2D eigenvalue weighted by Gasteiger charge is 2.18. The van der Waals surface area contributed by atoms with Crippen molar-refractivity contribution in [3.05, 3.63) is 53.5 Å². The van der Waals surface area contributed by atoms with Gasteiger partial charge in [0.1, 0.15) is 5.76 Å². The summed E-state index contributed by atoms with van der Waals surface area (Å²) in [5, 5.41) is 2.66. The molecular formula is C20H25N3O3. The second-order valence-corrected chi connectivity index (χ2v) is 6.65. The van der Waals surface area contributed by atoms with E-state index in [9.17, 15) is 9.59 Å². The highest BCUT2D eigenvalue weighted by atomic mass is 16.3. The zero-order valence-corrected chi connectivity index (χ0v) is 15.3. The van der Waals surface area contributed by atoms with Gasteiger partial charge in [-0.25, -0.2) is 0 Å². The standard InChI is InChI=1S/C20H25N3O3/c1-15-17(9-12-26-15)20(25)21-13-19(24)22(2)14-16-7-3-4-8-18(16)23-10-5-6-11-23/h3-4,7-9,12H,5-6,10-11,13-14H2,1-2H3,(H,21,25). The Morgan fingerprint density at radius 1 is 1.19 bits per heavy atom. The molecule has 3 rings (SSSR count). The minimum absolute atomic E-state index is 0.0359. The number of rotatable bonds is 6. The van der Waals surface area contributed by atoms with Crippen LogP contribution in [0.3, 0.4) is 0 Å². The fourth-order valence-corrected chi connectivity index (χ4v) is 3.26. The predicted octanol–water partition coefficient (Wildman–Crippen LogP) is 2.58. The maximum absolute atomic E-state index is 12.4. The molecule has 1 aromatic carbocycles. The highest BCUT2D eigenvalue weighted by molar-refractivity contribution is 5.97. The van der Waals surface area contributed by atoms with Crippen LogP contribution in [0.25, 0.3) is 0 Å². The van der Waals surface area contributed by atoms with Crippen LogP contribution >= 0.6 is 0 Å². The van der Waals surface area contributed by atoms with Crippen molar-refractivity contribution >= 4 is 17.5 Å². The molecule has 0 radical (unpaired) electrons. The first-order chi connectivity index (χ1) is 12.6. The highest BCUT2D eigenvalue weighted by Crippen LogP contribution is 2.25. The van der Waals surface area contributed by atoms with Gasteiger partial charge in [0, 0.05) is 32.4 Å². The van der Waals surface area contributed by atoms with Crippen molar-refractivity contribution in [3.63, 3.8) is 0 Å². The first-order valence-corrected chi connectivity index (χ1v) is 8.95. The lowest BCUT2D eigenvalue weighted by atomic mass is 10.1. The second-order valence-electron chi connectivity index (χ2n) is 6.65. The molecule has 1 saturated heterocycles. The summed E-state index contributed by atoms with van der Waals surface area (Å²) in [4.78, 5) is 28.5. The number of hydrogen-bond acceptors (Lipinski definition) is 4. The van der Waals surface area contributed by atoms with Crippen molar-refractivity contribution < 1.29 is 14.0 Å². The van der Waals surface area contributed by atoms with E-state index in [1.165, 1.54) is 24.8 Å². The molecule has 0 aliphatic carbocycles. The van der Waals surface area contributed by atoms with E-state index in [0.717, 1.165) is 18.7 Å². The van der Waals surface area contributed by atoms with Gasteiger partial charge in [0.15, 0.2) is 0 Å². The van der Waals surface area contributed by atoms with Gasteiger partial charge < -0.3 is 19.5 Å². The molecule has 1 aliphatic heterocycles. The maximum Gasteiger partial charge on any atom is 0.255 e. The molecule has 2 heterocycles. The molecule has 1 N–H and O–H groups in total. The van der Waals surface area contributed by atoms with E-state index in [4.69, 9.17) is 4.42 Å². The number of furan rings is 1. The van der Waals surface area contributed by atoms with Crippen LogP contribution < -0.4 is 10.2 Å². The van der Waals surface area contributed by atoms with E-state index in [0.29, 0.717) is 17.9 Å². The summed E-state index contributed by atoms with van der Waals surface area (Å²) in [7, 11) is 1.76. The zero-order valence-electron chi connectivity index (χ0n) is 15.3. The van der Waals surface area contributed by atoms with Crippen molar-refractivity contribution in [2.45, 2.75) is 26.3 Å². The number of para-hydroxylation sites is 1. The monoisotopic (exact) mass is 355 g/mol. The van der Waals surface area contributed by atoms with Gasteiger partial charge in [0.05, 0.1) is 18.4 Å². The van der Waals surface area contributed by atoms with Crippen LogP contribution in [0.15, 0.2) is 41.0 Å². The Balaban J connectivity index is 1.58. The lowest BCUT2D eigenvalue weighted by Crippen LogP contribution is -2.38. The van der Waals surface area contributed by atoms with Crippen molar-refractivity contribution in [3.8, 4) is 0 Å². The fraction of sp³-hybridized carbons (Fsp3) is 0.400. The topological polar surface area (TPSA) is 65.8 Å². The quantitative estimate of drug-likeness (QED) is 0.865. The smallest absolute Gasteiger partial charge is 0.255 e. The van der Waals surface area contributed by atoms with Crippen molar-refractivity contribution in [1.82, 2.24) is 10.2 Å². The molecule has 2 aromatic rings. The van der Waals surface area contributed by atoms with Crippen LogP contribution in [0.5, 0.6) is 0 Å². The number of likely N-dealkylation sites (N-methyl/N-ethyl adjacent to an activating group) is 1. The third-order valence-electron chi connectivity index (χ3n) is 4.78. The first kappa shape index (κ1) is 18.0. The fourth-order valence-electron chi connectivity index (χ4n) is 3.26. The molecule has 1 fully saturated rings. The molecule has 2 amide bonds. The van der Waals surface area contributed by atoms with E-state index in [2.05, 4.69) is 22.3 Å². The summed E-state index contributed by atoms with van der Waals surface area (Å²) in [6, 6.07) is 9.81. The van der Waals surface area contributed by atoms with Gasteiger partial charge in [-0.05, 0) is 37.5 Å². The van der Waals surface area contributed by atoms with Crippen LogP contribution in [0.2, 0.25) is 0 Å². The average Bonchev–Trinajstić information content (AvgIpc) is 3.31. The van der Waals surface area contributed by atoms with Crippen LogP contribution in [-0.2, 0) is 11.3 Å². The molecular weight excluding hydrogens is 330 g/mol. The molecule has 0 saturated carbocycles. The summed E-state index contributed by atoms with van der Waals surface area (Å²) < 4.78 is 5.12. The van der Waals surface area contributed by atoms with Crippen molar-refractivity contribution in [1.29, 1.82) is 0 Å². The molecule has 1 aliphatic rings. The number of carbonyl (C=O) groups is 2. The number of carbonyl (C=O) groups excluding carboxylic acids is 2. The second kappa shape index (κ2) is 8.08. The molecule has 0 bridgehead atoms. The maximum atomic E-state index is 12.4. The Morgan fingerprint density at radius 3 is 2.62 bits per heavy atom. The van der Waals surface area contributed by atoms with E-state index in [-0.39, 0.29) is 18.4 Å². The van der Waals surface area contributed by atoms with Crippen molar-refractivity contribution in [2.24, 2.45) is 0 Å². The number of aryl methyl sites for hydroxylation is 1. The molecule has 0 spiro atoms. The predicted molar refractivity (Wildman–Crippen MR) is 100 cm³/mol. The number of amides is 2. The van der Waals surface area contributed by atoms with Gasteiger partial charge in [0.2, 0.25) is 5.91 Å². The minimum Gasteiger partial charge on any atom is -0.469 e. The molecule has 6 nitrogen and oxygen atoms in total. The number of nitrogens with one attached hydrogen (secondary N) is 1. The minimum atomic E-state index is -0.296. The Hall–Kier alpha value is -2.76. The number of benzene rings is 1. The van der Waals surface area contributed by atoms with Crippen LogP contribution in [-0.4, -0.2) is 43.4 Å². The van der Waals surface area contributed by atoms with Crippen molar-refractivity contribution in [2.75, 3.05) is 31.6 Å². The molecule has 138 valence electrons. The Morgan fingerprint density at radius 2 is 1.92 bits per heavy atom.